The Morgan fingerprint density at radius 3 is 2.85 bits per heavy atom. The van der Waals surface area contributed by atoms with Gasteiger partial charge in [-0.3, -0.25) is 0 Å². The van der Waals surface area contributed by atoms with E-state index < -0.39 is 10.0 Å². The first kappa shape index (κ1) is 15.8. The van der Waals surface area contributed by atoms with Crippen molar-refractivity contribution in [2.75, 3.05) is 20.2 Å². The molecule has 20 heavy (non-hydrogen) atoms. The van der Waals surface area contributed by atoms with Gasteiger partial charge in [0.15, 0.2) is 0 Å². The number of nitrogens with two attached hydrogens (primary N) is 1. The maximum atomic E-state index is 12.8. The van der Waals surface area contributed by atoms with Crippen LogP contribution >= 0.6 is 15.9 Å². The maximum absolute atomic E-state index is 12.8. The quantitative estimate of drug-likeness (QED) is 0.888. The van der Waals surface area contributed by atoms with E-state index in [4.69, 9.17) is 10.5 Å². The van der Waals surface area contributed by atoms with Crippen LogP contribution in [0, 0.1) is 0 Å². The van der Waals surface area contributed by atoms with Crippen LogP contribution in [0.5, 0.6) is 5.75 Å². The molecule has 0 amide bonds. The Bertz CT molecular complexity index is 577. The van der Waals surface area contributed by atoms with E-state index in [-0.39, 0.29) is 10.9 Å². The molecule has 2 rings (SSSR count). The van der Waals surface area contributed by atoms with Gasteiger partial charge >= 0.3 is 0 Å². The molecule has 112 valence electrons. The van der Waals surface area contributed by atoms with Crippen molar-refractivity contribution < 1.29 is 13.2 Å². The molecule has 1 fully saturated rings. The van der Waals surface area contributed by atoms with Gasteiger partial charge in [-0.15, -0.1) is 0 Å². The fourth-order valence-electron chi connectivity index (χ4n) is 2.46. The lowest BCUT2D eigenvalue weighted by Gasteiger charge is -2.34. The number of ether oxygens (including phenoxy) is 1. The maximum Gasteiger partial charge on any atom is 0.244 e. The van der Waals surface area contributed by atoms with Crippen LogP contribution in [0.25, 0.3) is 0 Å². The summed E-state index contributed by atoms with van der Waals surface area (Å²) < 4.78 is 32.8. The first-order valence-corrected chi connectivity index (χ1v) is 8.79. The summed E-state index contributed by atoms with van der Waals surface area (Å²) in [6, 6.07) is 4.83. The van der Waals surface area contributed by atoms with Crippen molar-refractivity contribution >= 4 is 26.0 Å². The lowest BCUT2D eigenvalue weighted by Crippen LogP contribution is -2.47. The van der Waals surface area contributed by atoms with Crippen molar-refractivity contribution in [1.82, 2.24) is 4.31 Å². The van der Waals surface area contributed by atoms with Gasteiger partial charge in [0.05, 0.1) is 7.11 Å². The van der Waals surface area contributed by atoms with Crippen molar-refractivity contribution in [2.45, 2.75) is 30.2 Å². The van der Waals surface area contributed by atoms with Crippen LogP contribution in [0.1, 0.15) is 19.3 Å². The van der Waals surface area contributed by atoms with Gasteiger partial charge in [-0.1, -0.05) is 6.42 Å². The second-order valence-electron chi connectivity index (χ2n) is 4.80. The number of hydrogen-bond donors (Lipinski definition) is 1. The second kappa shape index (κ2) is 6.43. The molecule has 5 nitrogen and oxygen atoms in total. The van der Waals surface area contributed by atoms with Crippen molar-refractivity contribution in [3.8, 4) is 5.75 Å². The van der Waals surface area contributed by atoms with Crippen molar-refractivity contribution in [1.29, 1.82) is 0 Å². The molecule has 1 atom stereocenters. The minimum absolute atomic E-state index is 0.119. The normalized spacial score (nSPS) is 20.9. The third-order valence-corrected chi connectivity index (χ3v) is 6.52. The van der Waals surface area contributed by atoms with E-state index in [1.54, 1.807) is 18.2 Å². The molecule has 1 saturated heterocycles. The molecule has 0 spiro atoms. The zero-order chi connectivity index (χ0) is 14.8. The smallest absolute Gasteiger partial charge is 0.244 e. The molecule has 0 saturated carbocycles. The summed E-state index contributed by atoms with van der Waals surface area (Å²) in [7, 11) is -2.04. The summed E-state index contributed by atoms with van der Waals surface area (Å²) >= 11 is 3.31. The van der Waals surface area contributed by atoms with Gasteiger partial charge < -0.3 is 10.5 Å². The van der Waals surface area contributed by atoms with Gasteiger partial charge in [0.2, 0.25) is 10.0 Å². The second-order valence-corrected chi connectivity index (χ2v) is 7.51. The first-order chi connectivity index (χ1) is 9.50. The Hall–Kier alpha value is -0.630. The lowest BCUT2D eigenvalue weighted by molar-refractivity contribution is 0.257. The Morgan fingerprint density at radius 1 is 1.45 bits per heavy atom. The lowest BCUT2D eigenvalue weighted by atomic mass is 10.1. The highest BCUT2D eigenvalue weighted by Crippen LogP contribution is 2.32. The number of hydrogen-bond acceptors (Lipinski definition) is 4. The van der Waals surface area contributed by atoms with Crippen LogP contribution in [0.3, 0.4) is 0 Å². The topological polar surface area (TPSA) is 72.6 Å². The average Bonchev–Trinajstić information content (AvgIpc) is 2.47. The Labute approximate surface area is 128 Å². The molecule has 1 aliphatic heterocycles. The van der Waals surface area contributed by atoms with E-state index in [9.17, 15) is 8.42 Å². The van der Waals surface area contributed by atoms with Gasteiger partial charge in [-0.05, 0) is 40.9 Å². The SMILES string of the molecule is COc1ccc(Br)c(S(=O)(=O)N2CCCCC2CN)c1. The van der Waals surface area contributed by atoms with E-state index in [1.807, 2.05) is 0 Å². The number of sulfonamides is 1. The van der Waals surface area contributed by atoms with Crippen LogP contribution in [-0.2, 0) is 10.0 Å². The van der Waals surface area contributed by atoms with Crippen molar-refractivity contribution in [2.24, 2.45) is 5.73 Å². The van der Waals surface area contributed by atoms with Crippen LogP contribution in [0.15, 0.2) is 27.6 Å². The molecule has 1 aromatic carbocycles. The molecule has 0 aromatic heterocycles. The number of methoxy groups -OCH3 is 1. The monoisotopic (exact) mass is 362 g/mol. The van der Waals surface area contributed by atoms with Crippen LogP contribution in [-0.4, -0.2) is 39.0 Å². The van der Waals surface area contributed by atoms with Crippen molar-refractivity contribution in [3.63, 3.8) is 0 Å². The Morgan fingerprint density at radius 2 is 2.20 bits per heavy atom. The van der Waals surface area contributed by atoms with Crippen LogP contribution in [0.2, 0.25) is 0 Å². The van der Waals surface area contributed by atoms with Gasteiger partial charge in [0.1, 0.15) is 10.6 Å². The highest BCUT2D eigenvalue weighted by molar-refractivity contribution is 9.10. The van der Waals surface area contributed by atoms with E-state index in [0.717, 1.165) is 19.3 Å². The molecule has 0 aliphatic carbocycles. The molecular formula is C13H19BrN2O3S. The number of halogens is 1. The first-order valence-electron chi connectivity index (χ1n) is 6.56. The van der Waals surface area contributed by atoms with Gasteiger partial charge in [-0.25, -0.2) is 8.42 Å². The van der Waals surface area contributed by atoms with Gasteiger partial charge in [0, 0.05) is 29.7 Å². The zero-order valence-electron chi connectivity index (χ0n) is 11.4. The van der Waals surface area contributed by atoms with Crippen molar-refractivity contribution in [3.05, 3.63) is 22.7 Å². The summed E-state index contributed by atoms with van der Waals surface area (Å²) in [5.74, 6) is 0.521. The molecule has 0 radical (unpaired) electrons. The molecule has 1 aromatic rings. The molecule has 0 bridgehead atoms. The van der Waals surface area contributed by atoms with Crippen LogP contribution in [0.4, 0.5) is 0 Å². The van der Waals surface area contributed by atoms with Gasteiger partial charge in [0.25, 0.3) is 0 Å². The third kappa shape index (κ3) is 3.00. The molecule has 1 unspecified atom stereocenters. The highest BCUT2D eigenvalue weighted by atomic mass is 79.9. The predicted molar refractivity (Wildman–Crippen MR) is 81.3 cm³/mol. The number of piperidine rings is 1. The molecule has 1 aliphatic rings. The Kier molecular flexibility index (Phi) is 5.06. The van der Waals surface area contributed by atoms with Gasteiger partial charge in [-0.2, -0.15) is 4.31 Å². The highest BCUT2D eigenvalue weighted by Gasteiger charge is 2.34. The molecule has 2 N–H and O–H groups in total. The molecular weight excluding hydrogens is 344 g/mol. The van der Waals surface area contributed by atoms with Crippen LogP contribution < -0.4 is 10.5 Å². The van der Waals surface area contributed by atoms with E-state index >= 15 is 0 Å². The summed E-state index contributed by atoms with van der Waals surface area (Å²) in [5.41, 5.74) is 5.72. The summed E-state index contributed by atoms with van der Waals surface area (Å²) in [5, 5.41) is 0. The number of benzene rings is 1. The fraction of sp³-hybridized carbons (Fsp3) is 0.538. The van der Waals surface area contributed by atoms with E-state index in [0.29, 0.717) is 23.3 Å². The number of rotatable bonds is 4. The molecule has 1 heterocycles. The standard InChI is InChI=1S/C13H19BrN2O3S/c1-19-11-5-6-12(14)13(8-11)20(17,18)16-7-3-2-4-10(16)9-15/h5-6,8,10H,2-4,7,9,15H2,1H3. The van der Waals surface area contributed by atoms with E-state index in [1.165, 1.54) is 11.4 Å². The predicted octanol–water partition coefficient (Wildman–Crippen LogP) is 1.96. The summed E-state index contributed by atoms with van der Waals surface area (Å²) in [6.45, 7) is 0.870. The molecule has 7 heteroatoms. The van der Waals surface area contributed by atoms with E-state index in [2.05, 4.69) is 15.9 Å². The summed E-state index contributed by atoms with van der Waals surface area (Å²) in [4.78, 5) is 0.234. The largest absolute Gasteiger partial charge is 0.497 e. The number of nitrogens with zero attached hydrogens (tertiary/aromatic N) is 1. The zero-order valence-corrected chi connectivity index (χ0v) is 13.8. The average molecular weight is 363 g/mol. The minimum Gasteiger partial charge on any atom is -0.497 e. The minimum atomic E-state index is -3.56. The Balaban J connectivity index is 2.43. The third-order valence-electron chi connectivity index (χ3n) is 3.57. The fourth-order valence-corrected chi connectivity index (χ4v) is 5.11. The summed E-state index contributed by atoms with van der Waals surface area (Å²) in [6.07, 6.45) is 2.71.